The highest BCUT2D eigenvalue weighted by molar-refractivity contribution is 6.21. The van der Waals surface area contributed by atoms with E-state index in [9.17, 15) is 14.4 Å². The molecule has 0 bridgehead atoms. The molecule has 0 radical (unpaired) electrons. The van der Waals surface area contributed by atoms with Gasteiger partial charge in [0.25, 0.3) is 11.8 Å². The maximum absolute atomic E-state index is 12.0. The lowest BCUT2D eigenvalue weighted by atomic mass is 10.1. The van der Waals surface area contributed by atoms with Gasteiger partial charge in [-0.1, -0.05) is 19.1 Å². The molecule has 19 heavy (non-hydrogen) atoms. The minimum absolute atomic E-state index is 0.0399. The Balaban J connectivity index is 1.95. The molecule has 0 aromatic heterocycles. The molecule has 1 heterocycles. The molecular weight excluding hydrogens is 246 g/mol. The quantitative estimate of drug-likeness (QED) is 0.603. The van der Waals surface area contributed by atoms with E-state index in [2.05, 4.69) is 10.9 Å². The van der Waals surface area contributed by atoms with E-state index in [1.54, 1.807) is 24.3 Å². The lowest BCUT2D eigenvalue weighted by Crippen LogP contribution is -2.46. The SMILES string of the molecule is CCCC(=O)NNCN1C(=O)c2ccccc2C1=O. The molecule has 2 rings (SSSR count). The lowest BCUT2D eigenvalue weighted by Gasteiger charge is -2.15. The van der Waals surface area contributed by atoms with Crippen molar-refractivity contribution in [1.29, 1.82) is 0 Å². The van der Waals surface area contributed by atoms with Gasteiger partial charge in [-0.3, -0.25) is 24.7 Å². The van der Waals surface area contributed by atoms with Crippen LogP contribution in [-0.4, -0.2) is 29.3 Å². The number of amides is 3. The molecule has 0 atom stereocenters. The van der Waals surface area contributed by atoms with Crippen molar-refractivity contribution in [3.8, 4) is 0 Å². The summed E-state index contributed by atoms with van der Waals surface area (Å²) in [4.78, 5) is 36.2. The Morgan fingerprint density at radius 3 is 2.26 bits per heavy atom. The molecule has 0 saturated carbocycles. The van der Waals surface area contributed by atoms with Gasteiger partial charge in [-0.25, -0.2) is 5.43 Å². The maximum atomic E-state index is 12.0. The third-order valence-electron chi connectivity index (χ3n) is 2.82. The number of nitrogens with zero attached hydrogens (tertiary/aromatic N) is 1. The minimum Gasteiger partial charge on any atom is -0.290 e. The Labute approximate surface area is 110 Å². The lowest BCUT2D eigenvalue weighted by molar-refractivity contribution is -0.122. The second kappa shape index (κ2) is 5.62. The molecule has 1 aromatic carbocycles. The molecular formula is C13H15N3O3. The highest BCUT2D eigenvalue weighted by atomic mass is 16.2. The predicted molar refractivity (Wildman–Crippen MR) is 68.0 cm³/mol. The first kappa shape index (κ1) is 13.2. The van der Waals surface area contributed by atoms with Crippen LogP contribution in [0.15, 0.2) is 24.3 Å². The van der Waals surface area contributed by atoms with Crippen LogP contribution in [0.3, 0.4) is 0 Å². The zero-order chi connectivity index (χ0) is 13.8. The van der Waals surface area contributed by atoms with Gasteiger partial charge in [0.15, 0.2) is 0 Å². The summed E-state index contributed by atoms with van der Waals surface area (Å²) >= 11 is 0. The van der Waals surface area contributed by atoms with Gasteiger partial charge in [0.1, 0.15) is 0 Å². The molecule has 0 fully saturated rings. The molecule has 1 aromatic rings. The Kier molecular flexibility index (Phi) is 3.91. The van der Waals surface area contributed by atoms with Gasteiger partial charge in [-0.2, -0.15) is 0 Å². The number of hydrazine groups is 1. The van der Waals surface area contributed by atoms with Crippen molar-refractivity contribution in [2.45, 2.75) is 19.8 Å². The van der Waals surface area contributed by atoms with Crippen LogP contribution in [0.5, 0.6) is 0 Å². The number of carbonyl (C=O) groups is 3. The number of benzene rings is 1. The normalized spacial score (nSPS) is 13.6. The summed E-state index contributed by atoms with van der Waals surface area (Å²) in [7, 11) is 0. The molecule has 2 N–H and O–H groups in total. The van der Waals surface area contributed by atoms with Crippen molar-refractivity contribution in [3.63, 3.8) is 0 Å². The maximum Gasteiger partial charge on any atom is 0.262 e. The third-order valence-corrected chi connectivity index (χ3v) is 2.82. The summed E-state index contributed by atoms with van der Waals surface area (Å²) in [6.07, 6.45) is 1.13. The first-order valence-corrected chi connectivity index (χ1v) is 6.12. The number of nitrogens with one attached hydrogen (secondary N) is 2. The number of imide groups is 1. The molecule has 1 aliphatic rings. The number of hydrogen-bond acceptors (Lipinski definition) is 4. The Morgan fingerprint density at radius 2 is 1.74 bits per heavy atom. The Bertz CT molecular complexity index is 493. The predicted octanol–water partition coefficient (Wildman–Crippen LogP) is 0.661. The van der Waals surface area contributed by atoms with Gasteiger partial charge < -0.3 is 0 Å². The van der Waals surface area contributed by atoms with Crippen LogP contribution in [0.2, 0.25) is 0 Å². The van der Waals surface area contributed by atoms with Gasteiger partial charge in [0.2, 0.25) is 5.91 Å². The van der Waals surface area contributed by atoms with E-state index in [1.807, 2.05) is 6.92 Å². The van der Waals surface area contributed by atoms with Crippen LogP contribution in [0, 0.1) is 0 Å². The molecule has 0 saturated heterocycles. The van der Waals surface area contributed by atoms with E-state index in [1.165, 1.54) is 0 Å². The fraction of sp³-hybridized carbons (Fsp3) is 0.308. The Hall–Kier alpha value is -2.21. The first-order chi connectivity index (χ1) is 9.15. The topological polar surface area (TPSA) is 78.5 Å². The molecule has 100 valence electrons. The van der Waals surface area contributed by atoms with E-state index in [0.29, 0.717) is 17.5 Å². The second-order valence-electron chi connectivity index (χ2n) is 4.22. The first-order valence-electron chi connectivity index (χ1n) is 6.12. The number of carbonyl (C=O) groups excluding carboxylic acids is 3. The monoisotopic (exact) mass is 261 g/mol. The van der Waals surface area contributed by atoms with Gasteiger partial charge in [-0.05, 0) is 18.6 Å². The van der Waals surface area contributed by atoms with Gasteiger partial charge in [0.05, 0.1) is 17.8 Å². The second-order valence-corrected chi connectivity index (χ2v) is 4.22. The zero-order valence-corrected chi connectivity index (χ0v) is 10.6. The smallest absolute Gasteiger partial charge is 0.262 e. The number of hydrogen-bond donors (Lipinski definition) is 2. The van der Waals surface area contributed by atoms with Crippen LogP contribution in [0.4, 0.5) is 0 Å². The zero-order valence-electron chi connectivity index (χ0n) is 10.6. The summed E-state index contributed by atoms with van der Waals surface area (Å²) in [5.41, 5.74) is 5.83. The average molecular weight is 261 g/mol. The fourth-order valence-corrected chi connectivity index (χ4v) is 1.89. The highest BCUT2D eigenvalue weighted by Gasteiger charge is 2.34. The van der Waals surface area contributed by atoms with Crippen LogP contribution >= 0.6 is 0 Å². The van der Waals surface area contributed by atoms with Crippen LogP contribution in [0.1, 0.15) is 40.5 Å². The Morgan fingerprint density at radius 1 is 1.16 bits per heavy atom. The van der Waals surface area contributed by atoms with Crippen LogP contribution < -0.4 is 10.9 Å². The molecule has 0 aliphatic carbocycles. The van der Waals surface area contributed by atoms with Gasteiger partial charge in [0, 0.05) is 6.42 Å². The van der Waals surface area contributed by atoms with E-state index in [4.69, 9.17) is 0 Å². The molecule has 0 unspecified atom stereocenters. The molecule has 6 nitrogen and oxygen atoms in total. The van der Waals surface area contributed by atoms with E-state index in [-0.39, 0.29) is 24.4 Å². The summed E-state index contributed by atoms with van der Waals surface area (Å²) in [5, 5.41) is 0. The summed E-state index contributed by atoms with van der Waals surface area (Å²) < 4.78 is 0. The standard InChI is InChI=1S/C13H15N3O3/c1-2-5-11(17)15-14-8-16-12(18)9-6-3-4-7-10(9)13(16)19/h3-4,6-7,14H,2,5,8H2,1H3,(H,15,17). The number of rotatable bonds is 5. The van der Waals surface area contributed by atoms with Crippen molar-refractivity contribution < 1.29 is 14.4 Å². The minimum atomic E-state index is -0.349. The van der Waals surface area contributed by atoms with E-state index < -0.39 is 0 Å². The average Bonchev–Trinajstić information content (AvgIpc) is 2.65. The van der Waals surface area contributed by atoms with E-state index >= 15 is 0 Å². The van der Waals surface area contributed by atoms with Crippen molar-refractivity contribution in [2.75, 3.05) is 6.67 Å². The summed E-state index contributed by atoms with van der Waals surface area (Å²) in [6.45, 7) is 1.85. The van der Waals surface area contributed by atoms with E-state index in [0.717, 1.165) is 11.3 Å². The number of fused-ring (bicyclic) bond motifs is 1. The van der Waals surface area contributed by atoms with Crippen molar-refractivity contribution in [3.05, 3.63) is 35.4 Å². The van der Waals surface area contributed by atoms with Gasteiger partial charge in [-0.15, -0.1) is 0 Å². The van der Waals surface area contributed by atoms with Gasteiger partial charge >= 0.3 is 0 Å². The molecule has 0 spiro atoms. The highest BCUT2D eigenvalue weighted by Crippen LogP contribution is 2.21. The summed E-state index contributed by atoms with van der Waals surface area (Å²) in [6, 6.07) is 6.66. The molecule has 6 heteroatoms. The summed E-state index contributed by atoms with van der Waals surface area (Å²) in [5.74, 6) is -0.866. The van der Waals surface area contributed by atoms with Crippen molar-refractivity contribution in [1.82, 2.24) is 15.8 Å². The van der Waals surface area contributed by atoms with Crippen LogP contribution in [-0.2, 0) is 4.79 Å². The van der Waals surface area contributed by atoms with Crippen molar-refractivity contribution in [2.24, 2.45) is 0 Å². The third kappa shape index (κ3) is 2.63. The van der Waals surface area contributed by atoms with Crippen molar-refractivity contribution >= 4 is 17.7 Å². The fourth-order valence-electron chi connectivity index (χ4n) is 1.89. The van der Waals surface area contributed by atoms with Crippen LogP contribution in [0.25, 0.3) is 0 Å². The molecule has 1 aliphatic heterocycles. The largest absolute Gasteiger partial charge is 0.290 e. The molecule has 3 amide bonds.